The molecule has 0 aliphatic heterocycles. The molecule has 1 rings (SSSR count). The van der Waals surface area contributed by atoms with E-state index < -0.39 is 6.04 Å². The van der Waals surface area contributed by atoms with Gasteiger partial charge in [-0.3, -0.25) is 4.79 Å². The van der Waals surface area contributed by atoms with Crippen LogP contribution in [0.3, 0.4) is 0 Å². The summed E-state index contributed by atoms with van der Waals surface area (Å²) in [7, 11) is 0. The first-order valence-electron chi connectivity index (χ1n) is 4.58. The van der Waals surface area contributed by atoms with E-state index in [0.29, 0.717) is 12.7 Å². The van der Waals surface area contributed by atoms with Crippen molar-refractivity contribution in [2.24, 2.45) is 0 Å². The minimum atomic E-state index is -0.548. The van der Waals surface area contributed by atoms with E-state index in [1.165, 1.54) is 19.1 Å². The molecule has 0 bridgehead atoms. The molecule has 0 aliphatic carbocycles. The van der Waals surface area contributed by atoms with Crippen LogP contribution in [0.25, 0.3) is 0 Å². The van der Waals surface area contributed by atoms with Gasteiger partial charge in [-0.2, -0.15) is 0 Å². The monoisotopic (exact) mass is 209 g/mol. The second-order valence-corrected chi connectivity index (χ2v) is 3.27. The Balaban J connectivity index is 2.62. The standard InChI is InChI=1S/C11H12FNO2/c1-8(15)13-11(7-14)6-9-2-4-10(12)5-3-9/h2-5,7,11H,6H2,1H3,(H,13,15)/t11-/m0/s1. The lowest BCUT2D eigenvalue weighted by Gasteiger charge is -2.10. The summed E-state index contributed by atoms with van der Waals surface area (Å²) in [6, 6.07) is 5.28. The molecule has 0 fully saturated rings. The van der Waals surface area contributed by atoms with Crippen molar-refractivity contribution in [1.82, 2.24) is 5.32 Å². The lowest BCUT2D eigenvalue weighted by molar-refractivity contribution is -0.122. The van der Waals surface area contributed by atoms with Gasteiger partial charge in [0.1, 0.15) is 12.1 Å². The molecule has 4 heteroatoms. The van der Waals surface area contributed by atoms with Gasteiger partial charge in [-0.1, -0.05) is 12.1 Å². The topological polar surface area (TPSA) is 46.2 Å². The highest BCUT2D eigenvalue weighted by molar-refractivity contribution is 5.77. The maximum Gasteiger partial charge on any atom is 0.217 e. The first-order valence-corrected chi connectivity index (χ1v) is 4.58. The molecule has 0 saturated heterocycles. The van der Waals surface area contributed by atoms with E-state index in [1.807, 2.05) is 0 Å². The minimum Gasteiger partial charge on any atom is -0.346 e. The summed E-state index contributed by atoms with van der Waals surface area (Å²) in [4.78, 5) is 21.4. The largest absolute Gasteiger partial charge is 0.346 e. The Hall–Kier alpha value is -1.71. The van der Waals surface area contributed by atoms with Crippen molar-refractivity contribution in [3.63, 3.8) is 0 Å². The quantitative estimate of drug-likeness (QED) is 0.754. The Morgan fingerprint density at radius 1 is 1.47 bits per heavy atom. The lowest BCUT2D eigenvalue weighted by Crippen LogP contribution is -2.35. The van der Waals surface area contributed by atoms with Gasteiger partial charge < -0.3 is 10.1 Å². The van der Waals surface area contributed by atoms with Gasteiger partial charge in [0.25, 0.3) is 0 Å². The first-order chi connectivity index (χ1) is 7.11. The summed E-state index contributed by atoms with van der Waals surface area (Å²) < 4.78 is 12.6. The number of rotatable bonds is 4. The highest BCUT2D eigenvalue weighted by Gasteiger charge is 2.09. The van der Waals surface area contributed by atoms with E-state index in [-0.39, 0.29) is 11.7 Å². The fourth-order valence-corrected chi connectivity index (χ4v) is 1.27. The van der Waals surface area contributed by atoms with Crippen molar-refractivity contribution in [3.8, 4) is 0 Å². The number of nitrogens with one attached hydrogen (secondary N) is 1. The van der Waals surface area contributed by atoms with E-state index in [2.05, 4.69) is 5.32 Å². The predicted octanol–water partition coefficient (Wildman–Crippen LogP) is 1.07. The molecule has 1 atom stereocenters. The molecule has 0 heterocycles. The molecule has 3 nitrogen and oxygen atoms in total. The molecule has 1 amide bonds. The molecule has 0 radical (unpaired) electrons. The highest BCUT2D eigenvalue weighted by atomic mass is 19.1. The number of carbonyl (C=O) groups excluding carboxylic acids is 2. The summed E-state index contributed by atoms with van der Waals surface area (Å²) in [5, 5.41) is 2.49. The minimum absolute atomic E-state index is 0.255. The molecular formula is C11H12FNO2. The predicted molar refractivity (Wildman–Crippen MR) is 53.8 cm³/mol. The van der Waals surface area contributed by atoms with E-state index in [1.54, 1.807) is 12.1 Å². The van der Waals surface area contributed by atoms with Crippen molar-refractivity contribution < 1.29 is 14.0 Å². The van der Waals surface area contributed by atoms with Crippen molar-refractivity contribution in [2.75, 3.05) is 0 Å². The third-order valence-corrected chi connectivity index (χ3v) is 1.92. The second-order valence-electron chi connectivity index (χ2n) is 3.27. The molecular weight excluding hydrogens is 197 g/mol. The number of carbonyl (C=O) groups is 2. The van der Waals surface area contributed by atoms with Crippen LogP contribution in [0.2, 0.25) is 0 Å². The maximum absolute atomic E-state index is 12.6. The van der Waals surface area contributed by atoms with Crippen molar-refractivity contribution in [2.45, 2.75) is 19.4 Å². The van der Waals surface area contributed by atoms with Crippen molar-refractivity contribution in [1.29, 1.82) is 0 Å². The third kappa shape index (κ3) is 3.89. The van der Waals surface area contributed by atoms with Crippen LogP contribution in [0.5, 0.6) is 0 Å². The van der Waals surface area contributed by atoms with Gasteiger partial charge in [0.05, 0.1) is 6.04 Å². The lowest BCUT2D eigenvalue weighted by atomic mass is 10.1. The summed E-state index contributed by atoms with van der Waals surface area (Å²) in [5.74, 6) is -0.574. The maximum atomic E-state index is 12.6. The van der Waals surface area contributed by atoms with Gasteiger partial charge >= 0.3 is 0 Å². The van der Waals surface area contributed by atoms with Crippen LogP contribution in [0.1, 0.15) is 12.5 Å². The average Bonchev–Trinajstić information content (AvgIpc) is 2.19. The average molecular weight is 209 g/mol. The number of hydrogen-bond acceptors (Lipinski definition) is 2. The van der Waals surface area contributed by atoms with Crippen LogP contribution in [0, 0.1) is 5.82 Å². The Morgan fingerprint density at radius 3 is 2.53 bits per heavy atom. The van der Waals surface area contributed by atoms with Crippen LogP contribution in [-0.4, -0.2) is 18.2 Å². The van der Waals surface area contributed by atoms with Crippen LogP contribution >= 0.6 is 0 Å². The molecule has 0 unspecified atom stereocenters. The molecule has 1 N–H and O–H groups in total. The van der Waals surface area contributed by atoms with Crippen molar-refractivity contribution >= 4 is 12.2 Å². The number of amides is 1. The molecule has 15 heavy (non-hydrogen) atoms. The normalized spacial score (nSPS) is 11.9. The molecule has 1 aromatic rings. The summed E-state index contributed by atoms with van der Waals surface area (Å²) in [5.41, 5.74) is 0.808. The van der Waals surface area contributed by atoms with E-state index in [0.717, 1.165) is 5.56 Å². The zero-order valence-corrected chi connectivity index (χ0v) is 8.37. The molecule has 0 aromatic heterocycles. The van der Waals surface area contributed by atoms with E-state index >= 15 is 0 Å². The molecule has 0 aliphatic rings. The SMILES string of the molecule is CC(=O)N[C@H](C=O)Cc1ccc(F)cc1. The van der Waals surface area contributed by atoms with Crippen LogP contribution in [0.4, 0.5) is 4.39 Å². The highest BCUT2D eigenvalue weighted by Crippen LogP contribution is 2.05. The molecule has 0 spiro atoms. The zero-order chi connectivity index (χ0) is 11.3. The van der Waals surface area contributed by atoms with Gasteiger partial charge in [-0.25, -0.2) is 4.39 Å². The molecule has 80 valence electrons. The smallest absolute Gasteiger partial charge is 0.217 e. The molecule has 0 saturated carbocycles. The Morgan fingerprint density at radius 2 is 2.07 bits per heavy atom. The Kier molecular flexibility index (Phi) is 3.97. The summed E-state index contributed by atoms with van der Waals surface area (Å²) in [6.45, 7) is 1.35. The van der Waals surface area contributed by atoms with Gasteiger partial charge in [0, 0.05) is 6.92 Å². The summed E-state index contributed by atoms with van der Waals surface area (Å²) in [6.07, 6.45) is 1.05. The van der Waals surface area contributed by atoms with Crippen LogP contribution in [-0.2, 0) is 16.0 Å². The first kappa shape index (κ1) is 11.4. The van der Waals surface area contributed by atoms with E-state index in [9.17, 15) is 14.0 Å². The van der Waals surface area contributed by atoms with Gasteiger partial charge in [0.2, 0.25) is 5.91 Å². The zero-order valence-electron chi connectivity index (χ0n) is 8.37. The van der Waals surface area contributed by atoms with Gasteiger partial charge in [-0.05, 0) is 24.1 Å². The van der Waals surface area contributed by atoms with Crippen molar-refractivity contribution in [3.05, 3.63) is 35.6 Å². The Labute approximate surface area is 87.3 Å². The number of hydrogen-bond donors (Lipinski definition) is 1. The fourth-order valence-electron chi connectivity index (χ4n) is 1.27. The van der Waals surface area contributed by atoms with E-state index in [4.69, 9.17) is 0 Å². The summed E-state index contributed by atoms with van der Waals surface area (Å²) >= 11 is 0. The van der Waals surface area contributed by atoms with Crippen LogP contribution < -0.4 is 5.32 Å². The van der Waals surface area contributed by atoms with Gasteiger partial charge in [-0.15, -0.1) is 0 Å². The number of benzene rings is 1. The number of halogens is 1. The second kappa shape index (κ2) is 5.24. The number of aldehydes is 1. The third-order valence-electron chi connectivity index (χ3n) is 1.92. The van der Waals surface area contributed by atoms with Gasteiger partial charge in [0.15, 0.2) is 0 Å². The fraction of sp³-hybridized carbons (Fsp3) is 0.273. The Bertz CT molecular complexity index is 348. The molecule has 1 aromatic carbocycles. The van der Waals surface area contributed by atoms with Crippen LogP contribution in [0.15, 0.2) is 24.3 Å².